The molecule has 0 aromatic heterocycles. The van der Waals surface area contributed by atoms with E-state index in [4.69, 9.17) is 4.74 Å². The van der Waals surface area contributed by atoms with Crippen molar-refractivity contribution in [1.82, 2.24) is 4.72 Å². The highest BCUT2D eigenvalue weighted by atomic mass is 32.2. The summed E-state index contributed by atoms with van der Waals surface area (Å²) in [6.45, 7) is 2.91. The lowest BCUT2D eigenvalue weighted by Crippen LogP contribution is -2.29. The number of rotatable bonds is 7. The van der Waals surface area contributed by atoms with Gasteiger partial charge in [0.1, 0.15) is 11.6 Å². The van der Waals surface area contributed by atoms with Gasteiger partial charge < -0.3 is 4.74 Å². The van der Waals surface area contributed by atoms with E-state index in [1.54, 1.807) is 12.1 Å². The number of nitrogens with one attached hydrogen (secondary N) is 2. The molecule has 0 bridgehead atoms. The van der Waals surface area contributed by atoms with Gasteiger partial charge in [-0.1, -0.05) is 6.07 Å². The monoisotopic (exact) mass is 423 g/mol. The zero-order valence-corrected chi connectivity index (χ0v) is 16.9. The predicted octanol–water partition coefficient (Wildman–Crippen LogP) is 2.36. The van der Waals surface area contributed by atoms with Crippen LogP contribution in [0.25, 0.3) is 0 Å². The Balaban J connectivity index is 1.79. The summed E-state index contributed by atoms with van der Waals surface area (Å²) < 4.78 is 60.3. The Bertz CT molecular complexity index is 1080. The zero-order valence-electron chi connectivity index (χ0n) is 15.3. The van der Waals surface area contributed by atoms with Crippen LogP contribution in [-0.4, -0.2) is 35.8 Å². The van der Waals surface area contributed by atoms with Gasteiger partial charge in [-0.05, 0) is 55.8 Å². The quantitative estimate of drug-likeness (QED) is 0.710. The highest BCUT2D eigenvalue weighted by Gasteiger charge is 2.20. The Morgan fingerprint density at radius 1 is 0.964 bits per heavy atom. The van der Waals surface area contributed by atoms with Gasteiger partial charge in [-0.3, -0.25) is 14.4 Å². The van der Waals surface area contributed by atoms with Crippen LogP contribution in [0, 0.1) is 0 Å². The fraction of sp³-hybridized carbons (Fsp3) is 0.278. The van der Waals surface area contributed by atoms with Crippen molar-refractivity contribution in [3.8, 4) is 5.75 Å². The summed E-state index contributed by atoms with van der Waals surface area (Å²) in [5.74, 6) is 0.982. The third-order valence-electron chi connectivity index (χ3n) is 3.97. The van der Waals surface area contributed by atoms with E-state index in [1.807, 2.05) is 6.92 Å². The SMILES string of the molecule is CCOc1ccc(S(=O)(=O)Nc2cccc(S(=O)(=O)NC3=NCCC3)c2)cc1. The third kappa shape index (κ3) is 4.82. The molecule has 0 atom stereocenters. The molecule has 3 rings (SSSR count). The Morgan fingerprint density at radius 3 is 2.32 bits per heavy atom. The molecule has 0 saturated carbocycles. The maximum Gasteiger partial charge on any atom is 0.262 e. The van der Waals surface area contributed by atoms with E-state index >= 15 is 0 Å². The molecule has 0 fully saturated rings. The van der Waals surface area contributed by atoms with Crippen LogP contribution in [0.2, 0.25) is 0 Å². The van der Waals surface area contributed by atoms with E-state index in [1.165, 1.54) is 36.4 Å². The molecule has 0 spiro atoms. The Labute approximate surface area is 164 Å². The number of hydrogen-bond donors (Lipinski definition) is 2. The molecule has 0 amide bonds. The highest BCUT2D eigenvalue weighted by molar-refractivity contribution is 7.92. The van der Waals surface area contributed by atoms with Gasteiger partial charge in [-0.15, -0.1) is 0 Å². The Morgan fingerprint density at radius 2 is 1.68 bits per heavy atom. The second-order valence-corrected chi connectivity index (χ2v) is 9.44. The Hall–Kier alpha value is -2.59. The highest BCUT2D eigenvalue weighted by Crippen LogP contribution is 2.21. The fourth-order valence-electron chi connectivity index (χ4n) is 2.66. The third-order valence-corrected chi connectivity index (χ3v) is 6.74. The average molecular weight is 424 g/mol. The number of aliphatic imine (C=N–C) groups is 1. The molecule has 8 nitrogen and oxygen atoms in total. The maximum atomic E-state index is 12.6. The number of hydrogen-bond acceptors (Lipinski definition) is 6. The molecule has 1 heterocycles. The van der Waals surface area contributed by atoms with Crippen LogP contribution in [0.15, 0.2) is 63.3 Å². The number of amidine groups is 1. The van der Waals surface area contributed by atoms with Crippen molar-refractivity contribution in [2.24, 2.45) is 4.99 Å². The molecule has 2 aromatic rings. The molecule has 2 aromatic carbocycles. The Kier molecular flexibility index (Phi) is 5.90. The van der Waals surface area contributed by atoms with Crippen molar-refractivity contribution in [3.63, 3.8) is 0 Å². The van der Waals surface area contributed by atoms with Crippen molar-refractivity contribution in [3.05, 3.63) is 48.5 Å². The summed E-state index contributed by atoms with van der Waals surface area (Å²) in [6.07, 6.45) is 1.38. The summed E-state index contributed by atoms with van der Waals surface area (Å²) in [5, 5.41) is 0. The number of sulfonamides is 2. The minimum atomic E-state index is -3.87. The van der Waals surface area contributed by atoms with Gasteiger partial charge in [0.05, 0.1) is 22.1 Å². The molecule has 2 N–H and O–H groups in total. The predicted molar refractivity (Wildman–Crippen MR) is 107 cm³/mol. The van der Waals surface area contributed by atoms with Crippen LogP contribution >= 0.6 is 0 Å². The lowest BCUT2D eigenvalue weighted by atomic mass is 10.3. The van der Waals surface area contributed by atoms with E-state index in [2.05, 4.69) is 14.4 Å². The molecule has 0 radical (unpaired) electrons. The first-order valence-corrected chi connectivity index (χ1v) is 11.7. The maximum absolute atomic E-state index is 12.6. The first-order chi connectivity index (χ1) is 13.3. The molecule has 0 saturated heterocycles. The molecule has 150 valence electrons. The second kappa shape index (κ2) is 8.19. The minimum absolute atomic E-state index is 0.0441. The summed E-state index contributed by atoms with van der Waals surface area (Å²) >= 11 is 0. The van der Waals surface area contributed by atoms with E-state index in [0.717, 1.165) is 6.42 Å². The van der Waals surface area contributed by atoms with Crippen molar-refractivity contribution in [2.45, 2.75) is 29.6 Å². The summed E-state index contributed by atoms with van der Waals surface area (Å²) in [6, 6.07) is 11.6. The van der Waals surface area contributed by atoms with Crippen LogP contribution in [0.4, 0.5) is 5.69 Å². The summed E-state index contributed by atoms with van der Waals surface area (Å²) in [5.41, 5.74) is 0.144. The van der Waals surface area contributed by atoms with Crippen LogP contribution < -0.4 is 14.2 Å². The number of ether oxygens (including phenoxy) is 1. The molecule has 28 heavy (non-hydrogen) atoms. The van der Waals surface area contributed by atoms with Crippen LogP contribution in [-0.2, 0) is 20.0 Å². The van der Waals surface area contributed by atoms with Gasteiger partial charge in [0, 0.05) is 13.0 Å². The second-order valence-electron chi connectivity index (χ2n) is 6.08. The van der Waals surface area contributed by atoms with Gasteiger partial charge in [-0.25, -0.2) is 16.8 Å². The van der Waals surface area contributed by atoms with E-state index in [0.29, 0.717) is 31.2 Å². The first kappa shape index (κ1) is 20.2. The van der Waals surface area contributed by atoms with Crippen LogP contribution in [0.3, 0.4) is 0 Å². The zero-order chi connectivity index (χ0) is 20.2. The van der Waals surface area contributed by atoms with E-state index in [9.17, 15) is 16.8 Å². The van der Waals surface area contributed by atoms with Crippen LogP contribution in [0.5, 0.6) is 5.75 Å². The fourth-order valence-corrected chi connectivity index (χ4v) is 4.84. The van der Waals surface area contributed by atoms with Gasteiger partial charge in [0.25, 0.3) is 20.0 Å². The average Bonchev–Trinajstić information content (AvgIpc) is 3.15. The molecule has 10 heteroatoms. The standard InChI is InChI=1S/C18H21N3O5S2/c1-2-26-15-8-10-16(11-9-15)27(22,23)20-14-5-3-6-17(13-14)28(24,25)21-18-7-4-12-19-18/h3,5-6,8-11,13,20H,2,4,7,12H2,1H3,(H,19,21). The molecule has 1 aliphatic heterocycles. The van der Waals surface area contributed by atoms with E-state index < -0.39 is 20.0 Å². The molecule has 1 aliphatic rings. The van der Waals surface area contributed by atoms with Crippen molar-refractivity contribution in [1.29, 1.82) is 0 Å². The van der Waals surface area contributed by atoms with Crippen molar-refractivity contribution in [2.75, 3.05) is 17.9 Å². The van der Waals surface area contributed by atoms with Crippen LogP contribution in [0.1, 0.15) is 19.8 Å². The normalized spacial score (nSPS) is 14.4. The minimum Gasteiger partial charge on any atom is -0.494 e. The van der Waals surface area contributed by atoms with E-state index in [-0.39, 0.29) is 15.5 Å². The van der Waals surface area contributed by atoms with Gasteiger partial charge in [-0.2, -0.15) is 0 Å². The van der Waals surface area contributed by atoms with Gasteiger partial charge in [0.15, 0.2) is 0 Å². The van der Waals surface area contributed by atoms with Crippen molar-refractivity contribution < 1.29 is 21.6 Å². The molecule has 0 aliphatic carbocycles. The van der Waals surface area contributed by atoms with Gasteiger partial charge >= 0.3 is 0 Å². The molecule has 0 unspecified atom stereocenters. The summed E-state index contributed by atoms with van der Waals surface area (Å²) in [4.78, 5) is 4.09. The van der Waals surface area contributed by atoms with Crippen molar-refractivity contribution >= 4 is 31.6 Å². The lowest BCUT2D eigenvalue weighted by Gasteiger charge is -2.11. The number of benzene rings is 2. The molecular formula is C18H21N3O5S2. The molecular weight excluding hydrogens is 402 g/mol. The first-order valence-electron chi connectivity index (χ1n) is 8.72. The number of nitrogens with zero attached hydrogens (tertiary/aromatic N) is 1. The largest absolute Gasteiger partial charge is 0.494 e. The smallest absolute Gasteiger partial charge is 0.262 e. The lowest BCUT2D eigenvalue weighted by molar-refractivity contribution is 0.340. The topological polar surface area (TPSA) is 114 Å². The summed E-state index contributed by atoms with van der Waals surface area (Å²) in [7, 11) is -7.70. The van der Waals surface area contributed by atoms with Gasteiger partial charge in [0.2, 0.25) is 0 Å². The number of anilines is 1.